The number of rotatable bonds is 3. The van der Waals surface area contributed by atoms with E-state index in [1.54, 1.807) is 12.1 Å². The van der Waals surface area contributed by atoms with Crippen LogP contribution >= 0.6 is 15.9 Å². The molecule has 0 aromatic heterocycles. The molecule has 2 rings (SSSR count). The molecule has 3 nitrogen and oxygen atoms in total. The van der Waals surface area contributed by atoms with Gasteiger partial charge in [-0.2, -0.15) is 0 Å². The van der Waals surface area contributed by atoms with Crippen molar-refractivity contribution >= 4 is 21.7 Å². The molecule has 0 amide bonds. The van der Waals surface area contributed by atoms with Crippen LogP contribution in [0.25, 0.3) is 0 Å². The number of benzene rings is 2. The van der Waals surface area contributed by atoms with Crippen molar-refractivity contribution in [3.63, 3.8) is 0 Å². The Bertz CT molecular complexity index is 646. The lowest BCUT2D eigenvalue weighted by atomic mass is 9.98. The number of halogens is 1. The van der Waals surface area contributed by atoms with Crippen molar-refractivity contribution in [2.75, 3.05) is 0 Å². The number of carbonyl (C=O) groups is 1. The van der Waals surface area contributed by atoms with Crippen LogP contribution < -0.4 is 0 Å². The smallest absolute Gasteiger partial charge is 0.194 e. The fourth-order valence-corrected chi connectivity index (χ4v) is 2.41. The van der Waals surface area contributed by atoms with Crippen LogP contribution in [0.1, 0.15) is 41.3 Å². The molecule has 0 aliphatic rings. The highest BCUT2D eigenvalue weighted by atomic mass is 79.9. The van der Waals surface area contributed by atoms with Gasteiger partial charge in [-0.05, 0) is 39.5 Å². The van der Waals surface area contributed by atoms with Crippen LogP contribution in [0, 0.1) is 0 Å². The molecule has 0 heterocycles. The summed E-state index contributed by atoms with van der Waals surface area (Å²) in [6, 6.07) is 9.96. The minimum atomic E-state index is -0.310. The molecule has 2 aromatic rings. The lowest BCUT2D eigenvalue weighted by Crippen LogP contribution is -2.02. The average Bonchev–Trinajstić information content (AvgIpc) is 2.42. The monoisotopic (exact) mass is 334 g/mol. The zero-order valence-electron chi connectivity index (χ0n) is 11.2. The van der Waals surface area contributed by atoms with Crippen LogP contribution in [0.4, 0.5) is 0 Å². The van der Waals surface area contributed by atoms with Crippen LogP contribution in [0.3, 0.4) is 0 Å². The van der Waals surface area contributed by atoms with Gasteiger partial charge in [0.15, 0.2) is 17.3 Å². The van der Waals surface area contributed by atoms with E-state index < -0.39 is 0 Å². The number of hydrogen-bond donors (Lipinski definition) is 2. The van der Waals surface area contributed by atoms with E-state index in [0.29, 0.717) is 21.5 Å². The molecule has 0 spiro atoms. The summed E-state index contributed by atoms with van der Waals surface area (Å²) in [5.74, 6) is -0.370. The molecule has 0 bridgehead atoms. The van der Waals surface area contributed by atoms with Crippen molar-refractivity contribution in [3.05, 3.63) is 57.6 Å². The first-order valence-electron chi connectivity index (χ1n) is 6.26. The van der Waals surface area contributed by atoms with Gasteiger partial charge in [-0.1, -0.05) is 38.1 Å². The van der Waals surface area contributed by atoms with E-state index in [-0.39, 0.29) is 17.3 Å². The van der Waals surface area contributed by atoms with E-state index >= 15 is 0 Å². The maximum absolute atomic E-state index is 12.4. The molecule has 4 heteroatoms. The number of hydrogen-bond acceptors (Lipinski definition) is 3. The lowest BCUT2D eigenvalue weighted by molar-refractivity contribution is 0.103. The summed E-state index contributed by atoms with van der Waals surface area (Å²) in [5, 5.41) is 18.9. The Labute approximate surface area is 126 Å². The van der Waals surface area contributed by atoms with E-state index in [9.17, 15) is 15.0 Å². The van der Waals surface area contributed by atoms with Gasteiger partial charge in [-0.3, -0.25) is 4.79 Å². The highest BCUT2D eigenvalue weighted by Crippen LogP contribution is 2.32. The molecule has 2 aromatic carbocycles. The summed E-state index contributed by atoms with van der Waals surface area (Å²) >= 11 is 3.22. The van der Waals surface area contributed by atoms with Crippen molar-refractivity contribution < 1.29 is 15.0 Å². The Hall–Kier alpha value is -1.81. The van der Waals surface area contributed by atoms with Gasteiger partial charge in [-0.15, -0.1) is 0 Å². The summed E-state index contributed by atoms with van der Waals surface area (Å²) in [6.07, 6.45) is 0. The van der Waals surface area contributed by atoms with Gasteiger partial charge in [0.25, 0.3) is 0 Å². The molecule has 0 radical (unpaired) electrons. The van der Waals surface area contributed by atoms with Gasteiger partial charge >= 0.3 is 0 Å². The molecule has 2 N–H and O–H groups in total. The Balaban J connectivity index is 2.38. The molecular formula is C16H15BrO3. The maximum Gasteiger partial charge on any atom is 0.194 e. The van der Waals surface area contributed by atoms with Crippen LogP contribution in [0.15, 0.2) is 40.9 Å². The number of carbonyl (C=O) groups excluding carboxylic acids is 1. The third-order valence-electron chi connectivity index (χ3n) is 3.15. The quantitative estimate of drug-likeness (QED) is 0.652. The highest BCUT2D eigenvalue weighted by molar-refractivity contribution is 9.10. The molecule has 0 fully saturated rings. The summed E-state index contributed by atoms with van der Waals surface area (Å²) in [7, 11) is 0. The second-order valence-electron chi connectivity index (χ2n) is 4.93. The Morgan fingerprint density at radius 2 is 1.60 bits per heavy atom. The SMILES string of the molecule is CC(C)c1ccc(C(=O)c2cc(O)c(O)cc2Br)cc1. The summed E-state index contributed by atoms with van der Waals surface area (Å²) in [5.41, 5.74) is 2.02. The topological polar surface area (TPSA) is 57.5 Å². The largest absolute Gasteiger partial charge is 0.504 e. The van der Waals surface area contributed by atoms with E-state index in [0.717, 1.165) is 5.56 Å². The number of aromatic hydroxyl groups is 2. The molecule has 0 saturated carbocycles. The first-order valence-corrected chi connectivity index (χ1v) is 7.05. The van der Waals surface area contributed by atoms with Crippen LogP contribution in [0.2, 0.25) is 0 Å². The molecule has 0 saturated heterocycles. The lowest BCUT2D eigenvalue weighted by Gasteiger charge is -2.08. The van der Waals surface area contributed by atoms with Gasteiger partial charge in [0.05, 0.1) is 0 Å². The van der Waals surface area contributed by atoms with E-state index in [2.05, 4.69) is 29.8 Å². The van der Waals surface area contributed by atoms with Gasteiger partial charge in [0.2, 0.25) is 0 Å². The van der Waals surface area contributed by atoms with Crippen molar-refractivity contribution in [1.29, 1.82) is 0 Å². The molecular weight excluding hydrogens is 320 g/mol. The zero-order chi connectivity index (χ0) is 14.9. The van der Waals surface area contributed by atoms with Gasteiger partial charge in [0.1, 0.15) is 0 Å². The molecule has 0 atom stereocenters. The zero-order valence-corrected chi connectivity index (χ0v) is 12.8. The second-order valence-corrected chi connectivity index (χ2v) is 5.78. The fraction of sp³-hybridized carbons (Fsp3) is 0.188. The third-order valence-corrected chi connectivity index (χ3v) is 3.80. The Morgan fingerprint density at radius 1 is 1.05 bits per heavy atom. The van der Waals surface area contributed by atoms with Gasteiger partial charge < -0.3 is 10.2 Å². The van der Waals surface area contributed by atoms with Crippen LogP contribution in [-0.4, -0.2) is 16.0 Å². The number of phenols is 2. The first-order chi connectivity index (χ1) is 9.40. The summed E-state index contributed by atoms with van der Waals surface area (Å²) < 4.78 is 0.450. The summed E-state index contributed by atoms with van der Waals surface area (Å²) in [6.45, 7) is 4.18. The standard InChI is InChI=1S/C16H15BrO3/c1-9(2)10-3-5-11(6-4-10)16(20)12-7-14(18)15(19)8-13(12)17/h3-9,18-19H,1-2H3. The van der Waals surface area contributed by atoms with Crippen molar-refractivity contribution in [2.24, 2.45) is 0 Å². The average molecular weight is 335 g/mol. The Morgan fingerprint density at radius 3 is 2.15 bits per heavy atom. The minimum Gasteiger partial charge on any atom is -0.504 e. The molecule has 0 aliphatic heterocycles. The molecule has 104 valence electrons. The molecule has 0 unspecified atom stereocenters. The normalized spacial score (nSPS) is 10.8. The van der Waals surface area contributed by atoms with E-state index in [1.807, 2.05) is 12.1 Å². The van der Waals surface area contributed by atoms with Gasteiger partial charge in [-0.25, -0.2) is 0 Å². The maximum atomic E-state index is 12.4. The number of phenolic OH excluding ortho intramolecular Hbond substituents is 2. The van der Waals surface area contributed by atoms with Gasteiger partial charge in [0, 0.05) is 15.6 Å². The molecule has 0 aliphatic carbocycles. The first kappa shape index (κ1) is 14.6. The number of ketones is 1. The molecule has 20 heavy (non-hydrogen) atoms. The van der Waals surface area contributed by atoms with Crippen LogP contribution in [0.5, 0.6) is 11.5 Å². The highest BCUT2D eigenvalue weighted by Gasteiger charge is 2.16. The van der Waals surface area contributed by atoms with Crippen molar-refractivity contribution in [3.8, 4) is 11.5 Å². The second kappa shape index (κ2) is 5.67. The predicted octanol–water partition coefficient (Wildman–Crippen LogP) is 4.21. The predicted molar refractivity (Wildman–Crippen MR) is 81.4 cm³/mol. The Kier molecular flexibility index (Phi) is 4.14. The van der Waals surface area contributed by atoms with Crippen LogP contribution in [-0.2, 0) is 0 Å². The van der Waals surface area contributed by atoms with E-state index in [1.165, 1.54) is 12.1 Å². The third kappa shape index (κ3) is 2.85. The van der Waals surface area contributed by atoms with Crippen molar-refractivity contribution in [2.45, 2.75) is 19.8 Å². The fourth-order valence-electron chi connectivity index (χ4n) is 1.90. The minimum absolute atomic E-state index is 0.206. The summed E-state index contributed by atoms with van der Waals surface area (Å²) in [4.78, 5) is 12.4. The van der Waals surface area contributed by atoms with Crippen molar-refractivity contribution in [1.82, 2.24) is 0 Å². The van der Waals surface area contributed by atoms with E-state index in [4.69, 9.17) is 0 Å².